The predicted octanol–water partition coefficient (Wildman–Crippen LogP) is 3.60. The van der Waals surface area contributed by atoms with Crippen LogP contribution in [0, 0.1) is 11.6 Å². The second kappa shape index (κ2) is 8.19. The van der Waals surface area contributed by atoms with Gasteiger partial charge in [0, 0.05) is 10.9 Å². The van der Waals surface area contributed by atoms with E-state index in [2.05, 4.69) is 31.2 Å². The van der Waals surface area contributed by atoms with Crippen molar-refractivity contribution in [3.05, 3.63) is 71.6 Å². The quantitative estimate of drug-likeness (QED) is 0.654. The van der Waals surface area contributed by atoms with Crippen molar-refractivity contribution < 1.29 is 13.7 Å². The summed E-state index contributed by atoms with van der Waals surface area (Å²) in [4.78, 5) is 1.22. The SMILES string of the molecule is C[C@H](c1nnc(S[C@H](C)c2ccc(F)cc2)n1-c1ccc(F)cc1)[NH+](C)C. The van der Waals surface area contributed by atoms with E-state index in [1.165, 1.54) is 29.2 Å². The second-order valence-electron chi connectivity index (χ2n) is 6.76. The van der Waals surface area contributed by atoms with Crippen LogP contribution >= 0.6 is 11.8 Å². The van der Waals surface area contributed by atoms with Crippen LogP contribution in [0.2, 0.25) is 0 Å². The van der Waals surface area contributed by atoms with Gasteiger partial charge < -0.3 is 4.90 Å². The predicted molar refractivity (Wildman–Crippen MR) is 103 cm³/mol. The highest BCUT2D eigenvalue weighted by molar-refractivity contribution is 7.99. The molecule has 0 spiro atoms. The first-order chi connectivity index (χ1) is 12.9. The van der Waals surface area contributed by atoms with Crippen LogP contribution in [-0.4, -0.2) is 28.9 Å². The molecule has 3 aromatic rings. The van der Waals surface area contributed by atoms with Gasteiger partial charge in [0.15, 0.2) is 11.0 Å². The van der Waals surface area contributed by atoms with E-state index in [0.717, 1.165) is 22.2 Å². The maximum atomic E-state index is 13.4. The molecule has 0 radical (unpaired) electrons. The zero-order valence-electron chi connectivity index (χ0n) is 15.8. The monoisotopic (exact) mass is 389 g/mol. The summed E-state index contributed by atoms with van der Waals surface area (Å²) < 4.78 is 28.6. The van der Waals surface area contributed by atoms with Gasteiger partial charge in [0.1, 0.15) is 17.7 Å². The number of halogens is 2. The molecule has 0 saturated carbocycles. The number of aromatic nitrogens is 3. The fourth-order valence-electron chi connectivity index (χ4n) is 2.69. The summed E-state index contributed by atoms with van der Waals surface area (Å²) in [5, 5.41) is 9.59. The van der Waals surface area contributed by atoms with Gasteiger partial charge in [-0.2, -0.15) is 0 Å². The van der Waals surface area contributed by atoms with E-state index in [0.29, 0.717) is 0 Å². The van der Waals surface area contributed by atoms with Crippen LogP contribution in [0.1, 0.15) is 36.5 Å². The Kier molecular flexibility index (Phi) is 5.92. The second-order valence-corrected chi connectivity index (χ2v) is 8.07. The van der Waals surface area contributed by atoms with Crippen molar-refractivity contribution in [1.82, 2.24) is 14.8 Å². The van der Waals surface area contributed by atoms with Crippen LogP contribution in [0.15, 0.2) is 53.7 Å². The number of nitrogens with one attached hydrogen (secondary N) is 1. The average Bonchev–Trinajstić information content (AvgIpc) is 3.05. The number of rotatable bonds is 6. The van der Waals surface area contributed by atoms with Crippen LogP contribution in [0.3, 0.4) is 0 Å². The van der Waals surface area contributed by atoms with Gasteiger partial charge in [-0.15, -0.1) is 10.2 Å². The van der Waals surface area contributed by atoms with Crippen LogP contribution in [-0.2, 0) is 0 Å². The lowest BCUT2D eigenvalue weighted by Gasteiger charge is -2.19. The molecule has 0 aliphatic carbocycles. The Hall–Kier alpha value is -2.25. The van der Waals surface area contributed by atoms with Crippen molar-refractivity contribution >= 4 is 11.8 Å². The smallest absolute Gasteiger partial charge is 0.196 e. The van der Waals surface area contributed by atoms with Crippen LogP contribution in [0.4, 0.5) is 8.78 Å². The summed E-state index contributed by atoms with van der Waals surface area (Å²) in [6.45, 7) is 4.12. The zero-order valence-corrected chi connectivity index (χ0v) is 16.6. The van der Waals surface area contributed by atoms with E-state index in [4.69, 9.17) is 0 Å². The Bertz CT molecular complexity index is 891. The summed E-state index contributed by atoms with van der Waals surface area (Å²) in [5.41, 5.74) is 1.82. The minimum atomic E-state index is -0.284. The van der Waals surface area contributed by atoms with Crippen LogP contribution in [0.25, 0.3) is 5.69 Å². The summed E-state index contributed by atoms with van der Waals surface area (Å²) in [7, 11) is 4.12. The molecule has 2 aromatic carbocycles. The Labute approximate surface area is 162 Å². The number of hydrogen-bond donors (Lipinski definition) is 1. The fraction of sp³-hybridized carbons (Fsp3) is 0.300. The standard InChI is InChI=1S/C20H22F2N4S/c1-13(25(3)4)19-23-24-20(26(19)18-11-9-17(22)10-12-18)27-14(2)15-5-7-16(21)8-6-15/h5-14H,1-4H3/p+1/t13-,14-/m1/s1. The largest absolute Gasteiger partial charge is 0.331 e. The fourth-order valence-corrected chi connectivity index (χ4v) is 3.69. The van der Waals surface area contributed by atoms with Crippen LogP contribution < -0.4 is 4.90 Å². The minimum absolute atomic E-state index is 0.0591. The molecule has 0 aliphatic heterocycles. The lowest BCUT2D eigenvalue weighted by molar-refractivity contribution is -0.890. The average molecular weight is 389 g/mol. The van der Waals surface area contributed by atoms with E-state index in [1.807, 2.05) is 11.5 Å². The topological polar surface area (TPSA) is 35.1 Å². The van der Waals surface area contributed by atoms with Crippen molar-refractivity contribution in [1.29, 1.82) is 0 Å². The normalized spacial score (nSPS) is 13.7. The van der Waals surface area contributed by atoms with Gasteiger partial charge in [0.25, 0.3) is 0 Å². The first kappa shape index (κ1) is 19.5. The van der Waals surface area contributed by atoms with Gasteiger partial charge in [-0.25, -0.2) is 8.78 Å². The molecule has 2 atom stereocenters. The first-order valence-corrected chi connectivity index (χ1v) is 9.68. The Balaban J connectivity index is 1.99. The third-order valence-corrected chi connectivity index (χ3v) is 5.72. The molecular formula is C20H23F2N4S+. The molecule has 7 heteroatoms. The lowest BCUT2D eigenvalue weighted by Crippen LogP contribution is -3.05. The summed E-state index contributed by atoms with van der Waals surface area (Å²) in [6.07, 6.45) is 0. The zero-order chi connectivity index (χ0) is 19.6. The molecule has 0 fully saturated rings. The maximum Gasteiger partial charge on any atom is 0.196 e. The minimum Gasteiger partial charge on any atom is -0.331 e. The molecule has 0 unspecified atom stereocenters. The van der Waals surface area contributed by atoms with E-state index in [-0.39, 0.29) is 22.9 Å². The molecule has 4 nitrogen and oxygen atoms in total. The molecule has 27 heavy (non-hydrogen) atoms. The first-order valence-electron chi connectivity index (χ1n) is 8.80. The van der Waals surface area contributed by atoms with Crippen LogP contribution in [0.5, 0.6) is 0 Å². The van der Waals surface area contributed by atoms with Gasteiger partial charge >= 0.3 is 0 Å². The van der Waals surface area contributed by atoms with Crippen molar-refractivity contribution in [2.24, 2.45) is 0 Å². The van der Waals surface area contributed by atoms with Gasteiger partial charge in [-0.1, -0.05) is 23.9 Å². The number of quaternary nitrogens is 1. The molecule has 0 bridgehead atoms. The van der Waals surface area contributed by atoms with Gasteiger partial charge in [-0.3, -0.25) is 4.57 Å². The molecule has 1 heterocycles. The summed E-state index contributed by atoms with van der Waals surface area (Å²) >= 11 is 1.54. The third kappa shape index (κ3) is 4.36. The highest BCUT2D eigenvalue weighted by Crippen LogP contribution is 2.35. The Morgan fingerprint density at radius 1 is 0.889 bits per heavy atom. The molecule has 0 aliphatic rings. The maximum absolute atomic E-state index is 13.4. The van der Waals surface area contributed by atoms with E-state index in [1.54, 1.807) is 36.0 Å². The molecule has 0 amide bonds. The number of nitrogens with zero attached hydrogens (tertiary/aromatic N) is 3. The molecule has 3 rings (SSSR count). The highest BCUT2D eigenvalue weighted by Gasteiger charge is 2.24. The number of hydrogen-bond acceptors (Lipinski definition) is 3. The van der Waals surface area contributed by atoms with E-state index < -0.39 is 0 Å². The molecule has 142 valence electrons. The van der Waals surface area contributed by atoms with Gasteiger partial charge in [0.2, 0.25) is 0 Å². The van der Waals surface area contributed by atoms with E-state index in [9.17, 15) is 8.78 Å². The Morgan fingerprint density at radius 3 is 2.00 bits per heavy atom. The van der Waals surface area contributed by atoms with E-state index >= 15 is 0 Å². The van der Waals surface area contributed by atoms with Crippen molar-refractivity contribution in [3.8, 4) is 5.69 Å². The molecule has 1 N–H and O–H groups in total. The Morgan fingerprint density at radius 2 is 1.44 bits per heavy atom. The van der Waals surface area contributed by atoms with Crippen molar-refractivity contribution in [2.75, 3.05) is 14.1 Å². The molecule has 0 saturated heterocycles. The summed E-state index contributed by atoms with van der Waals surface area (Å²) in [5.74, 6) is 0.277. The molecule has 1 aromatic heterocycles. The highest BCUT2D eigenvalue weighted by atomic mass is 32.2. The van der Waals surface area contributed by atoms with Gasteiger partial charge in [0.05, 0.1) is 14.1 Å². The van der Waals surface area contributed by atoms with Crippen molar-refractivity contribution in [2.45, 2.75) is 30.3 Å². The van der Waals surface area contributed by atoms with Gasteiger partial charge in [-0.05, 0) is 55.8 Å². The lowest BCUT2D eigenvalue weighted by atomic mass is 10.2. The summed E-state index contributed by atoms with van der Waals surface area (Å²) in [6, 6.07) is 12.9. The van der Waals surface area contributed by atoms with Crippen molar-refractivity contribution in [3.63, 3.8) is 0 Å². The number of thioether (sulfide) groups is 1. The number of benzene rings is 2. The third-order valence-electron chi connectivity index (χ3n) is 4.62. The molecular weight excluding hydrogens is 366 g/mol.